The fourth-order valence-corrected chi connectivity index (χ4v) is 4.21. The van der Waals surface area contributed by atoms with E-state index in [1.165, 1.54) is 0 Å². The number of piperidine rings is 1. The summed E-state index contributed by atoms with van der Waals surface area (Å²) < 4.78 is 31.3. The van der Waals surface area contributed by atoms with Crippen LogP contribution in [0.15, 0.2) is 0 Å². The van der Waals surface area contributed by atoms with Crippen LogP contribution < -0.4 is 5.32 Å². The molecule has 0 aromatic carbocycles. The van der Waals surface area contributed by atoms with Crippen LogP contribution in [0.1, 0.15) is 32.6 Å². The first kappa shape index (κ1) is 19.1. The summed E-state index contributed by atoms with van der Waals surface area (Å²) in [5.74, 6) is 0.199. The highest BCUT2D eigenvalue weighted by molar-refractivity contribution is 7.89. The zero-order chi connectivity index (χ0) is 13.4. The highest BCUT2D eigenvalue weighted by Gasteiger charge is 2.29. The summed E-state index contributed by atoms with van der Waals surface area (Å²) in [6.45, 7) is 5.00. The maximum atomic E-state index is 12.3. The highest BCUT2D eigenvalue weighted by atomic mass is 35.5. The fraction of sp³-hybridized carbons (Fsp3) is 1.00. The smallest absolute Gasteiger partial charge is 0.214 e. The van der Waals surface area contributed by atoms with Crippen LogP contribution in [0.25, 0.3) is 0 Å². The van der Waals surface area contributed by atoms with Crippen molar-refractivity contribution < 1.29 is 13.2 Å². The minimum Gasteiger partial charge on any atom is -0.385 e. The van der Waals surface area contributed by atoms with Crippen molar-refractivity contribution >= 4 is 22.4 Å². The highest BCUT2D eigenvalue weighted by Crippen LogP contribution is 2.17. The van der Waals surface area contributed by atoms with E-state index >= 15 is 0 Å². The average Bonchev–Trinajstić information content (AvgIpc) is 2.37. The predicted octanol–water partition coefficient (Wildman–Crippen LogP) is 1.24. The Morgan fingerprint density at radius 3 is 2.47 bits per heavy atom. The second-order valence-corrected chi connectivity index (χ2v) is 6.80. The first-order chi connectivity index (χ1) is 8.61. The summed E-state index contributed by atoms with van der Waals surface area (Å²) in [5, 5.41) is 3.27. The van der Waals surface area contributed by atoms with Gasteiger partial charge in [-0.05, 0) is 38.8 Å². The molecule has 1 aliphatic rings. The number of hydrogen-bond donors (Lipinski definition) is 1. The van der Waals surface area contributed by atoms with E-state index in [-0.39, 0.29) is 24.2 Å². The minimum atomic E-state index is -3.13. The number of methoxy groups -OCH3 is 1. The van der Waals surface area contributed by atoms with Gasteiger partial charge in [-0.15, -0.1) is 12.4 Å². The molecule has 0 aromatic rings. The van der Waals surface area contributed by atoms with Gasteiger partial charge in [-0.25, -0.2) is 8.42 Å². The summed E-state index contributed by atoms with van der Waals surface area (Å²) in [6, 6.07) is 0.179. The van der Waals surface area contributed by atoms with E-state index in [1.54, 1.807) is 11.4 Å². The molecule has 0 atom stereocenters. The van der Waals surface area contributed by atoms with Crippen LogP contribution in [0.5, 0.6) is 0 Å². The molecule has 1 fully saturated rings. The molecule has 0 bridgehead atoms. The van der Waals surface area contributed by atoms with Gasteiger partial charge >= 0.3 is 0 Å². The molecule has 19 heavy (non-hydrogen) atoms. The third-order valence-electron chi connectivity index (χ3n) is 3.27. The molecule has 5 nitrogen and oxygen atoms in total. The van der Waals surface area contributed by atoms with Crippen LogP contribution in [0.3, 0.4) is 0 Å². The maximum absolute atomic E-state index is 12.3. The van der Waals surface area contributed by atoms with Crippen molar-refractivity contribution in [3.8, 4) is 0 Å². The van der Waals surface area contributed by atoms with E-state index in [0.29, 0.717) is 19.6 Å². The molecule has 1 aliphatic heterocycles. The van der Waals surface area contributed by atoms with Crippen molar-refractivity contribution in [1.82, 2.24) is 9.62 Å². The lowest BCUT2D eigenvalue weighted by Crippen LogP contribution is -2.47. The Morgan fingerprint density at radius 1 is 1.32 bits per heavy atom. The Labute approximate surface area is 123 Å². The van der Waals surface area contributed by atoms with Crippen LogP contribution in [0, 0.1) is 0 Å². The van der Waals surface area contributed by atoms with Gasteiger partial charge in [-0.3, -0.25) is 0 Å². The molecule has 0 saturated carbocycles. The quantitative estimate of drug-likeness (QED) is 0.685. The molecular weight excluding hydrogens is 288 g/mol. The predicted molar refractivity (Wildman–Crippen MR) is 80.4 cm³/mol. The zero-order valence-corrected chi connectivity index (χ0v) is 13.6. The van der Waals surface area contributed by atoms with Crippen LogP contribution in [0.2, 0.25) is 0 Å². The molecule has 1 saturated heterocycles. The van der Waals surface area contributed by atoms with Crippen LogP contribution in [-0.2, 0) is 14.8 Å². The van der Waals surface area contributed by atoms with Crippen molar-refractivity contribution in [2.24, 2.45) is 0 Å². The van der Waals surface area contributed by atoms with E-state index in [4.69, 9.17) is 4.74 Å². The molecule has 0 amide bonds. The molecule has 0 aliphatic carbocycles. The lowest BCUT2D eigenvalue weighted by molar-refractivity contribution is 0.198. The maximum Gasteiger partial charge on any atom is 0.214 e. The Kier molecular flexibility index (Phi) is 10.00. The van der Waals surface area contributed by atoms with Crippen molar-refractivity contribution in [2.45, 2.75) is 38.6 Å². The van der Waals surface area contributed by atoms with Crippen molar-refractivity contribution in [2.75, 3.05) is 39.1 Å². The molecule has 7 heteroatoms. The van der Waals surface area contributed by atoms with Gasteiger partial charge in [0.1, 0.15) is 0 Å². The third kappa shape index (κ3) is 6.40. The molecule has 0 aromatic heterocycles. The van der Waals surface area contributed by atoms with E-state index < -0.39 is 10.0 Å². The summed E-state index contributed by atoms with van der Waals surface area (Å²) in [6.07, 6.45) is 3.28. The van der Waals surface area contributed by atoms with Gasteiger partial charge in [-0.2, -0.15) is 4.31 Å². The molecule has 0 spiro atoms. The molecule has 116 valence electrons. The molecule has 1 rings (SSSR count). The summed E-state index contributed by atoms with van der Waals surface area (Å²) in [4.78, 5) is 0. The van der Waals surface area contributed by atoms with E-state index in [9.17, 15) is 8.42 Å². The Morgan fingerprint density at radius 2 is 1.95 bits per heavy atom. The fourth-order valence-electron chi connectivity index (χ4n) is 2.37. The zero-order valence-electron chi connectivity index (χ0n) is 11.9. The largest absolute Gasteiger partial charge is 0.385 e. The van der Waals surface area contributed by atoms with Gasteiger partial charge in [-0.1, -0.05) is 6.92 Å². The Hall–Kier alpha value is 0.120. The van der Waals surface area contributed by atoms with Crippen LogP contribution in [0.4, 0.5) is 0 Å². The Bertz CT molecular complexity index is 319. The minimum absolute atomic E-state index is 0. The number of nitrogens with zero attached hydrogens (tertiary/aromatic N) is 1. The average molecular weight is 315 g/mol. The normalized spacial score (nSPS) is 17.4. The molecule has 0 unspecified atom stereocenters. The van der Waals surface area contributed by atoms with E-state index in [0.717, 1.165) is 32.4 Å². The van der Waals surface area contributed by atoms with Crippen molar-refractivity contribution in [3.05, 3.63) is 0 Å². The van der Waals surface area contributed by atoms with E-state index in [1.807, 2.05) is 6.92 Å². The standard InChI is InChI=1S/C12H26N2O3S.ClH/c1-3-9-14(12-5-7-13-8-6-12)18(15,16)11-4-10-17-2;/h12-13H,3-11H2,1-2H3;1H. The number of sulfonamides is 1. The van der Waals surface area contributed by atoms with Gasteiger partial charge < -0.3 is 10.1 Å². The number of nitrogens with one attached hydrogen (secondary N) is 1. The van der Waals surface area contributed by atoms with Gasteiger partial charge in [0, 0.05) is 26.3 Å². The molecule has 1 N–H and O–H groups in total. The van der Waals surface area contributed by atoms with E-state index in [2.05, 4.69) is 5.32 Å². The summed E-state index contributed by atoms with van der Waals surface area (Å²) >= 11 is 0. The van der Waals surface area contributed by atoms with Crippen molar-refractivity contribution in [3.63, 3.8) is 0 Å². The monoisotopic (exact) mass is 314 g/mol. The van der Waals surface area contributed by atoms with Crippen molar-refractivity contribution in [1.29, 1.82) is 0 Å². The number of halogens is 1. The molecule has 0 radical (unpaired) electrons. The SMILES string of the molecule is CCCN(C1CCNCC1)S(=O)(=O)CCCOC.Cl. The topological polar surface area (TPSA) is 58.6 Å². The molecular formula is C12H27ClN2O3S. The second-order valence-electron chi connectivity index (χ2n) is 4.75. The van der Waals surface area contributed by atoms with Gasteiger partial charge in [0.05, 0.1) is 5.75 Å². The Balaban J connectivity index is 0.00000324. The third-order valence-corrected chi connectivity index (χ3v) is 5.27. The second kappa shape index (κ2) is 9.94. The van der Waals surface area contributed by atoms with Crippen LogP contribution >= 0.6 is 12.4 Å². The summed E-state index contributed by atoms with van der Waals surface area (Å²) in [7, 11) is -1.53. The van der Waals surface area contributed by atoms with Gasteiger partial charge in [0.15, 0.2) is 0 Å². The molecule has 1 heterocycles. The first-order valence-electron chi connectivity index (χ1n) is 6.81. The van der Waals surface area contributed by atoms with Gasteiger partial charge in [0.25, 0.3) is 0 Å². The number of ether oxygens (including phenoxy) is 1. The lowest BCUT2D eigenvalue weighted by atomic mass is 10.1. The van der Waals surface area contributed by atoms with Gasteiger partial charge in [0.2, 0.25) is 10.0 Å². The lowest BCUT2D eigenvalue weighted by Gasteiger charge is -2.33. The number of rotatable bonds is 8. The number of hydrogen-bond acceptors (Lipinski definition) is 4. The summed E-state index contributed by atoms with van der Waals surface area (Å²) in [5.41, 5.74) is 0. The van der Waals surface area contributed by atoms with Crippen LogP contribution in [-0.4, -0.2) is 57.9 Å². The first-order valence-corrected chi connectivity index (χ1v) is 8.42.